The van der Waals surface area contributed by atoms with Crippen molar-refractivity contribution >= 4 is 5.84 Å². The molecule has 3 rings (SSSR count). The van der Waals surface area contributed by atoms with Crippen LogP contribution >= 0.6 is 0 Å². The summed E-state index contributed by atoms with van der Waals surface area (Å²) in [6.07, 6.45) is -0.376. The van der Waals surface area contributed by atoms with E-state index in [9.17, 15) is 10.2 Å². The van der Waals surface area contributed by atoms with Gasteiger partial charge in [0.05, 0.1) is 6.61 Å². The number of hydrogen-bond donors (Lipinski definition) is 3. The molecular formula is C9H13N3O4. The van der Waals surface area contributed by atoms with Crippen LogP contribution in [0.15, 0.2) is 17.3 Å². The fourth-order valence-corrected chi connectivity index (χ4v) is 2.10. The van der Waals surface area contributed by atoms with Crippen LogP contribution in [0.4, 0.5) is 0 Å². The number of rotatable bonds is 0. The van der Waals surface area contributed by atoms with E-state index in [0.29, 0.717) is 5.84 Å². The number of aliphatic imine (C=N–C) groups is 1. The van der Waals surface area contributed by atoms with Crippen molar-refractivity contribution in [1.82, 2.24) is 4.90 Å². The van der Waals surface area contributed by atoms with E-state index in [2.05, 4.69) is 4.99 Å². The molecule has 2 unspecified atom stereocenters. The Morgan fingerprint density at radius 1 is 1.44 bits per heavy atom. The first-order valence-electron chi connectivity index (χ1n) is 5.09. The second kappa shape index (κ2) is 3.42. The third-order valence-corrected chi connectivity index (χ3v) is 2.97. The van der Waals surface area contributed by atoms with Crippen LogP contribution in [-0.4, -0.2) is 58.4 Å². The van der Waals surface area contributed by atoms with E-state index < -0.39 is 30.9 Å². The number of ether oxygens (including phenoxy) is 2. The second-order valence-electron chi connectivity index (χ2n) is 4.02. The minimum absolute atomic E-state index is 0.181. The molecule has 3 aliphatic heterocycles. The van der Waals surface area contributed by atoms with Crippen molar-refractivity contribution in [1.29, 1.82) is 0 Å². The van der Waals surface area contributed by atoms with Crippen molar-refractivity contribution in [3.63, 3.8) is 0 Å². The molecule has 2 bridgehead atoms. The van der Waals surface area contributed by atoms with Gasteiger partial charge in [0.2, 0.25) is 6.35 Å². The lowest BCUT2D eigenvalue weighted by molar-refractivity contribution is -0.109. The molecule has 0 aromatic rings. The molecular weight excluding hydrogens is 214 g/mol. The maximum absolute atomic E-state index is 9.81. The molecule has 5 atom stereocenters. The van der Waals surface area contributed by atoms with Crippen LogP contribution in [0, 0.1) is 0 Å². The van der Waals surface area contributed by atoms with Crippen LogP contribution < -0.4 is 5.73 Å². The van der Waals surface area contributed by atoms with Crippen LogP contribution in [0.1, 0.15) is 0 Å². The number of hydrogen-bond acceptors (Lipinski definition) is 7. The van der Waals surface area contributed by atoms with Gasteiger partial charge in [-0.25, -0.2) is 4.99 Å². The highest BCUT2D eigenvalue weighted by Gasteiger charge is 2.49. The first-order valence-corrected chi connectivity index (χ1v) is 5.09. The quantitative estimate of drug-likeness (QED) is 0.439. The summed E-state index contributed by atoms with van der Waals surface area (Å²) in [5, 5.41) is 19.5. The van der Waals surface area contributed by atoms with Crippen LogP contribution in [0.2, 0.25) is 0 Å². The number of fused-ring (bicyclic) bond motifs is 4. The molecule has 0 amide bonds. The zero-order valence-corrected chi connectivity index (χ0v) is 8.43. The number of nitrogens with two attached hydrogens (primary N) is 1. The van der Waals surface area contributed by atoms with E-state index in [-0.39, 0.29) is 6.61 Å². The molecule has 0 radical (unpaired) electrons. The van der Waals surface area contributed by atoms with Crippen molar-refractivity contribution < 1.29 is 19.7 Å². The normalized spacial score (nSPS) is 46.2. The molecule has 3 heterocycles. The van der Waals surface area contributed by atoms with Gasteiger partial charge in [0.1, 0.15) is 24.1 Å². The summed E-state index contributed by atoms with van der Waals surface area (Å²) in [5.74, 6) is 0.370. The van der Waals surface area contributed by atoms with Gasteiger partial charge in [-0.2, -0.15) is 0 Å². The highest BCUT2D eigenvalue weighted by Crippen LogP contribution is 2.31. The smallest absolute Gasteiger partial charge is 0.231 e. The Morgan fingerprint density at radius 3 is 3.06 bits per heavy atom. The highest BCUT2D eigenvalue weighted by molar-refractivity contribution is 5.91. The predicted molar refractivity (Wildman–Crippen MR) is 53.0 cm³/mol. The van der Waals surface area contributed by atoms with Gasteiger partial charge in [0, 0.05) is 6.20 Å². The van der Waals surface area contributed by atoms with Gasteiger partial charge in [0.15, 0.2) is 6.23 Å². The first-order chi connectivity index (χ1) is 7.66. The second-order valence-corrected chi connectivity index (χ2v) is 4.02. The Labute approximate surface area is 91.8 Å². The Balaban J connectivity index is 1.90. The van der Waals surface area contributed by atoms with Crippen LogP contribution in [-0.2, 0) is 9.47 Å². The average molecular weight is 227 g/mol. The zero-order valence-electron chi connectivity index (χ0n) is 8.43. The van der Waals surface area contributed by atoms with Crippen LogP contribution in [0.5, 0.6) is 0 Å². The van der Waals surface area contributed by atoms with Crippen molar-refractivity contribution in [3.05, 3.63) is 12.3 Å². The van der Waals surface area contributed by atoms with E-state index >= 15 is 0 Å². The fourth-order valence-electron chi connectivity index (χ4n) is 2.10. The maximum Gasteiger partial charge on any atom is 0.231 e. The SMILES string of the molecule is NC1=NC2OC[C@H]3OC([C@H](O)[C@@H]3O)N2C=C1. The summed E-state index contributed by atoms with van der Waals surface area (Å²) in [4.78, 5) is 5.69. The van der Waals surface area contributed by atoms with Crippen LogP contribution in [0.25, 0.3) is 0 Å². The highest BCUT2D eigenvalue weighted by atomic mass is 16.6. The largest absolute Gasteiger partial charge is 0.387 e. The molecule has 16 heavy (non-hydrogen) atoms. The molecule has 7 heteroatoms. The van der Waals surface area contributed by atoms with Crippen molar-refractivity contribution in [2.45, 2.75) is 30.9 Å². The molecule has 0 aromatic heterocycles. The topological polar surface area (TPSA) is 101 Å². The number of aliphatic hydroxyl groups excluding tert-OH is 2. The minimum Gasteiger partial charge on any atom is -0.387 e. The third kappa shape index (κ3) is 1.33. The molecule has 2 saturated heterocycles. The zero-order chi connectivity index (χ0) is 11.3. The lowest BCUT2D eigenvalue weighted by Crippen LogP contribution is -2.49. The van der Waals surface area contributed by atoms with Gasteiger partial charge in [-0.05, 0) is 6.08 Å². The number of amidine groups is 1. The first kappa shape index (κ1) is 10.0. The molecule has 88 valence electrons. The van der Waals surface area contributed by atoms with Gasteiger partial charge in [-0.3, -0.25) is 0 Å². The molecule has 0 saturated carbocycles. The molecule has 0 aromatic carbocycles. The minimum atomic E-state index is -0.962. The van der Waals surface area contributed by atoms with Crippen molar-refractivity contribution in [3.8, 4) is 0 Å². The fraction of sp³-hybridized carbons (Fsp3) is 0.667. The Morgan fingerprint density at radius 2 is 2.25 bits per heavy atom. The van der Waals surface area contributed by atoms with Gasteiger partial charge >= 0.3 is 0 Å². The molecule has 4 N–H and O–H groups in total. The summed E-state index contributed by atoms with van der Waals surface area (Å²) in [5.41, 5.74) is 5.56. The van der Waals surface area contributed by atoms with E-state index in [0.717, 1.165) is 0 Å². The standard InChI is InChI=1S/C9H13N3O4/c10-5-1-2-12-8-7(14)6(13)4(16-8)3-15-9(12)11-5/h1-2,4,6-9,13-14H,3H2,(H2,10,11)/t4-,6-,7-,8?,9?/m1/s1. The Hall–Kier alpha value is -1.15. The summed E-state index contributed by atoms with van der Waals surface area (Å²) >= 11 is 0. The van der Waals surface area contributed by atoms with E-state index in [1.165, 1.54) is 0 Å². The summed E-state index contributed by atoms with van der Waals surface area (Å²) in [6, 6.07) is 0. The molecule has 0 aliphatic carbocycles. The van der Waals surface area contributed by atoms with Crippen molar-refractivity contribution in [2.24, 2.45) is 10.7 Å². The lowest BCUT2D eigenvalue weighted by Gasteiger charge is -2.34. The number of nitrogens with zero attached hydrogens (tertiary/aromatic N) is 2. The van der Waals surface area contributed by atoms with E-state index in [1.54, 1.807) is 17.2 Å². The monoisotopic (exact) mass is 227 g/mol. The van der Waals surface area contributed by atoms with Crippen LogP contribution in [0.3, 0.4) is 0 Å². The lowest BCUT2D eigenvalue weighted by atomic mass is 10.1. The molecule has 0 spiro atoms. The molecule has 3 aliphatic rings. The van der Waals surface area contributed by atoms with Crippen molar-refractivity contribution in [2.75, 3.05) is 6.61 Å². The summed E-state index contributed by atoms with van der Waals surface area (Å²) < 4.78 is 10.9. The molecule has 7 nitrogen and oxygen atoms in total. The third-order valence-electron chi connectivity index (χ3n) is 2.97. The summed E-state index contributed by atoms with van der Waals surface area (Å²) in [7, 11) is 0. The molecule has 2 fully saturated rings. The summed E-state index contributed by atoms with van der Waals surface area (Å²) in [6.45, 7) is 0.181. The van der Waals surface area contributed by atoms with E-state index in [1.807, 2.05) is 0 Å². The Bertz CT molecular complexity index is 359. The Kier molecular flexibility index (Phi) is 2.15. The number of aliphatic hydroxyl groups is 2. The predicted octanol–water partition coefficient (Wildman–Crippen LogP) is -2.07. The van der Waals surface area contributed by atoms with Gasteiger partial charge in [-0.15, -0.1) is 0 Å². The van der Waals surface area contributed by atoms with Gasteiger partial charge in [-0.1, -0.05) is 0 Å². The maximum atomic E-state index is 9.81. The van der Waals surface area contributed by atoms with Gasteiger partial charge in [0.25, 0.3) is 0 Å². The average Bonchev–Trinajstić information content (AvgIpc) is 2.48. The van der Waals surface area contributed by atoms with E-state index in [4.69, 9.17) is 15.2 Å². The van der Waals surface area contributed by atoms with Gasteiger partial charge < -0.3 is 30.3 Å².